The van der Waals surface area contributed by atoms with Crippen molar-refractivity contribution in [3.05, 3.63) is 15.6 Å². The minimum atomic E-state index is 0.588. The molecule has 3 heteroatoms. The topological polar surface area (TPSA) is 24.9 Å². The van der Waals surface area contributed by atoms with Crippen molar-refractivity contribution in [1.29, 1.82) is 0 Å². The van der Waals surface area contributed by atoms with Crippen LogP contribution in [0.3, 0.4) is 0 Å². The fraction of sp³-hybridized carbons (Fsp3) is 0.700. The highest BCUT2D eigenvalue weighted by Gasteiger charge is 2.04. The van der Waals surface area contributed by atoms with E-state index in [0.29, 0.717) is 6.04 Å². The molecule has 13 heavy (non-hydrogen) atoms. The number of rotatable bonds is 4. The van der Waals surface area contributed by atoms with Crippen LogP contribution < -0.4 is 5.32 Å². The molecular formula is C10H18N2S. The summed E-state index contributed by atoms with van der Waals surface area (Å²) >= 11 is 1.79. The van der Waals surface area contributed by atoms with Gasteiger partial charge in [-0.2, -0.15) is 0 Å². The summed E-state index contributed by atoms with van der Waals surface area (Å²) in [5.41, 5.74) is 1.17. The van der Waals surface area contributed by atoms with Gasteiger partial charge >= 0.3 is 0 Å². The van der Waals surface area contributed by atoms with Crippen molar-refractivity contribution in [3.63, 3.8) is 0 Å². The highest BCUT2D eigenvalue weighted by atomic mass is 32.1. The molecule has 0 aromatic carbocycles. The monoisotopic (exact) mass is 198 g/mol. The van der Waals surface area contributed by atoms with E-state index >= 15 is 0 Å². The number of aromatic nitrogens is 1. The Morgan fingerprint density at radius 2 is 2.15 bits per heavy atom. The summed E-state index contributed by atoms with van der Waals surface area (Å²) in [4.78, 5) is 5.81. The second kappa shape index (κ2) is 4.72. The molecule has 0 saturated carbocycles. The molecule has 0 aliphatic carbocycles. The zero-order valence-electron chi connectivity index (χ0n) is 8.85. The summed E-state index contributed by atoms with van der Waals surface area (Å²) in [6.07, 6.45) is 1.17. The van der Waals surface area contributed by atoms with Crippen molar-refractivity contribution in [3.8, 4) is 0 Å². The van der Waals surface area contributed by atoms with Gasteiger partial charge in [-0.1, -0.05) is 6.92 Å². The maximum Gasteiger partial charge on any atom is 0.107 e. The van der Waals surface area contributed by atoms with Crippen LogP contribution in [0.5, 0.6) is 0 Å². The number of nitrogens with one attached hydrogen (secondary N) is 1. The Labute approximate surface area is 84.4 Å². The maximum atomic E-state index is 4.47. The fourth-order valence-corrected chi connectivity index (χ4v) is 1.91. The van der Waals surface area contributed by atoms with E-state index in [0.717, 1.165) is 6.54 Å². The molecule has 1 unspecified atom stereocenters. The van der Waals surface area contributed by atoms with Crippen molar-refractivity contribution in [2.75, 3.05) is 0 Å². The molecule has 1 heterocycles. The molecule has 0 amide bonds. The lowest BCUT2D eigenvalue weighted by Crippen LogP contribution is -2.24. The molecule has 74 valence electrons. The molecule has 0 saturated heterocycles. The normalized spacial score (nSPS) is 13.2. The predicted molar refractivity (Wildman–Crippen MR) is 58.2 cm³/mol. The van der Waals surface area contributed by atoms with Gasteiger partial charge in [0.1, 0.15) is 5.01 Å². The average Bonchev–Trinajstić information content (AvgIpc) is 2.42. The van der Waals surface area contributed by atoms with Crippen LogP contribution in [0.25, 0.3) is 0 Å². The summed E-state index contributed by atoms with van der Waals surface area (Å²) < 4.78 is 0. The first kappa shape index (κ1) is 10.7. The highest BCUT2D eigenvalue weighted by Crippen LogP contribution is 2.16. The van der Waals surface area contributed by atoms with Crippen LogP contribution >= 0.6 is 11.3 Å². The SMILES string of the molecule is CCC(C)NCc1nc(C)c(C)s1. The smallest absolute Gasteiger partial charge is 0.107 e. The largest absolute Gasteiger partial charge is 0.308 e. The van der Waals surface area contributed by atoms with Crippen molar-refractivity contribution >= 4 is 11.3 Å². The molecule has 1 N–H and O–H groups in total. The summed E-state index contributed by atoms with van der Waals surface area (Å²) in [6.45, 7) is 9.50. The molecule has 0 spiro atoms. The van der Waals surface area contributed by atoms with Crippen molar-refractivity contribution in [2.45, 2.75) is 46.7 Å². The third-order valence-electron chi connectivity index (χ3n) is 2.29. The Balaban J connectivity index is 2.45. The van der Waals surface area contributed by atoms with Crippen molar-refractivity contribution in [2.24, 2.45) is 0 Å². The molecule has 2 nitrogen and oxygen atoms in total. The third kappa shape index (κ3) is 3.08. The lowest BCUT2D eigenvalue weighted by molar-refractivity contribution is 0.533. The van der Waals surface area contributed by atoms with E-state index in [9.17, 15) is 0 Å². The Morgan fingerprint density at radius 3 is 2.62 bits per heavy atom. The quantitative estimate of drug-likeness (QED) is 0.804. The zero-order valence-corrected chi connectivity index (χ0v) is 9.66. The molecule has 1 aromatic rings. The lowest BCUT2D eigenvalue weighted by Gasteiger charge is -2.08. The van der Waals surface area contributed by atoms with Gasteiger partial charge in [-0.15, -0.1) is 11.3 Å². The second-order valence-corrected chi connectivity index (χ2v) is 4.73. The molecule has 0 aliphatic heterocycles. The average molecular weight is 198 g/mol. The highest BCUT2D eigenvalue weighted by molar-refractivity contribution is 7.11. The molecule has 0 radical (unpaired) electrons. The zero-order chi connectivity index (χ0) is 9.84. The number of nitrogens with zero attached hydrogens (tertiary/aromatic N) is 1. The standard InChI is InChI=1S/C10H18N2S/c1-5-7(2)11-6-10-12-8(3)9(4)13-10/h7,11H,5-6H2,1-4H3. The molecule has 0 aliphatic rings. The van der Waals surface area contributed by atoms with E-state index in [-0.39, 0.29) is 0 Å². The first-order valence-corrected chi connectivity index (χ1v) is 5.61. The van der Waals surface area contributed by atoms with Crippen LogP contribution in [0.1, 0.15) is 35.8 Å². The van der Waals surface area contributed by atoms with Gasteiger partial charge in [0.05, 0.1) is 5.69 Å². The number of hydrogen-bond donors (Lipinski definition) is 1. The molecule has 1 rings (SSSR count). The van der Waals surface area contributed by atoms with Crippen LogP contribution in [-0.2, 0) is 6.54 Å². The van der Waals surface area contributed by atoms with E-state index in [1.807, 2.05) is 0 Å². The fourth-order valence-electron chi connectivity index (χ4n) is 1.02. The van der Waals surface area contributed by atoms with E-state index in [2.05, 4.69) is 38.0 Å². The van der Waals surface area contributed by atoms with Gasteiger partial charge in [-0.3, -0.25) is 0 Å². The van der Waals surface area contributed by atoms with Gasteiger partial charge in [0, 0.05) is 17.5 Å². The van der Waals surface area contributed by atoms with E-state index in [1.165, 1.54) is 22.0 Å². The van der Waals surface area contributed by atoms with Crippen LogP contribution in [0, 0.1) is 13.8 Å². The Bertz CT molecular complexity index is 248. The summed E-state index contributed by atoms with van der Waals surface area (Å²) in [5, 5.41) is 4.64. The van der Waals surface area contributed by atoms with E-state index in [4.69, 9.17) is 0 Å². The Morgan fingerprint density at radius 1 is 1.46 bits per heavy atom. The van der Waals surface area contributed by atoms with Gasteiger partial charge in [0.2, 0.25) is 0 Å². The predicted octanol–water partition coefficient (Wildman–Crippen LogP) is 2.65. The molecule has 1 aromatic heterocycles. The Hall–Kier alpha value is -0.410. The third-order valence-corrected chi connectivity index (χ3v) is 3.36. The molecule has 0 bridgehead atoms. The maximum absolute atomic E-state index is 4.47. The number of aryl methyl sites for hydroxylation is 2. The van der Waals surface area contributed by atoms with Crippen molar-refractivity contribution in [1.82, 2.24) is 10.3 Å². The number of hydrogen-bond acceptors (Lipinski definition) is 3. The molecular weight excluding hydrogens is 180 g/mol. The molecule has 0 fully saturated rings. The van der Waals surface area contributed by atoms with Crippen LogP contribution in [0.4, 0.5) is 0 Å². The van der Waals surface area contributed by atoms with E-state index < -0.39 is 0 Å². The van der Waals surface area contributed by atoms with Gasteiger partial charge in [-0.05, 0) is 27.2 Å². The van der Waals surface area contributed by atoms with Crippen LogP contribution in [0.2, 0.25) is 0 Å². The minimum Gasteiger partial charge on any atom is -0.308 e. The van der Waals surface area contributed by atoms with Gasteiger partial charge in [0.15, 0.2) is 0 Å². The van der Waals surface area contributed by atoms with E-state index in [1.54, 1.807) is 11.3 Å². The van der Waals surface area contributed by atoms with Crippen LogP contribution in [0.15, 0.2) is 0 Å². The second-order valence-electron chi connectivity index (χ2n) is 3.44. The van der Waals surface area contributed by atoms with Crippen molar-refractivity contribution < 1.29 is 0 Å². The first-order valence-electron chi connectivity index (χ1n) is 4.79. The summed E-state index contributed by atoms with van der Waals surface area (Å²) in [6, 6.07) is 0.588. The van der Waals surface area contributed by atoms with Crippen LogP contribution in [-0.4, -0.2) is 11.0 Å². The lowest BCUT2D eigenvalue weighted by atomic mass is 10.3. The number of thiazole rings is 1. The first-order chi connectivity index (χ1) is 6.13. The van der Waals surface area contributed by atoms with Gasteiger partial charge < -0.3 is 5.32 Å². The molecule has 1 atom stereocenters. The summed E-state index contributed by atoms with van der Waals surface area (Å²) in [7, 11) is 0. The Kier molecular flexibility index (Phi) is 3.88. The van der Waals surface area contributed by atoms with Gasteiger partial charge in [-0.25, -0.2) is 4.98 Å². The summed E-state index contributed by atoms with van der Waals surface area (Å²) in [5.74, 6) is 0. The van der Waals surface area contributed by atoms with Gasteiger partial charge in [0.25, 0.3) is 0 Å². The minimum absolute atomic E-state index is 0.588.